The Hall–Kier alpha value is -0.0800. The molecule has 1 aliphatic heterocycles. The van der Waals surface area contributed by atoms with E-state index >= 15 is 0 Å². The lowest BCUT2D eigenvalue weighted by molar-refractivity contribution is 0.159. The van der Waals surface area contributed by atoms with E-state index in [1.54, 1.807) is 0 Å². The molecule has 1 saturated heterocycles. The Bertz CT molecular complexity index is 172. The van der Waals surface area contributed by atoms with E-state index in [0.29, 0.717) is 11.1 Å². The van der Waals surface area contributed by atoms with E-state index in [0.717, 1.165) is 0 Å². The summed E-state index contributed by atoms with van der Waals surface area (Å²) in [6.45, 7) is 6.95. The van der Waals surface area contributed by atoms with Gasteiger partial charge in [0.25, 0.3) is 0 Å². The maximum atomic E-state index is 3.82. The summed E-state index contributed by atoms with van der Waals surface area (Å²) in [5, 5.41) is 7.63. The number of hydrogen-bond donors (Lipinski definition) is 2. The van der Waals surface area contributed by atoms with E-state index in [4.69, 9.17) is 0 Å². The monoisotopic (exact) mass is 196 g/mol. The van der Waals surface area contributed by atoms with Gasteiger partial charge in [0, 0.05) is 24.2 Å². The normalized spacial score (nSPS) is 29.6. The van der Waals surface area contributed by atoms with E-state index in [2.05, 4.69) is 24.5 Å². The van der Waals surface area contributed by atoms with Crippen molar-refractivity contribution in [2.24, 2.45) is 0 Å². The van der Waals surface area contributed by atoms with Gasteiger partial charge in [0.05, 0.1) is 0 Å². The van der Waals surface area contributed by atoms with E-state index in [-0.39, 0.29) is 0 Å². The standard InChI is InChI=1S/C12H24N2/c1-3-11(4-2)9-14-12(10-13-11)7-5-6-8-12/h13-14H,3-10H2,1-2H3. The van der Waals surface area contributed by atoms with Gasteiger partial charge in [-0.2, -0.15) is 0 Å². The molecule has 14 heavy (non-hydrogen) atoms. The van der Waals surface area contributed by atoms with Crippen molar-refractivity contribution < 1.29 is 0 Å². The quantitative estimate of drug-likeness (QED) is 0.706. The predicted octanol–water partition coefficient (Wildman–Crippen LogP) is 2.05. The molecule has 0 aromatic carbocycles. The van der Waals surface area contributed by atoms with Crippen molar-refractivity contribution in [3.05, 3.63) is 0 Å². The summed E-state index contributed by atoms with van der Waals surface area (Å²) in [6, 6.07) is 0. The topological polar surface area (TPSA) is 24.1 Å². The minimum absolute atomic E-state index is 0.383. The molecule has 1 aliphatic carbocycles. The minimum atomic E-state index is 0.383. The molecule has 0 radical (unpaired) electrons. The number of rotatable bonds is 2. The largest absolute Gasteiger partial charge is 0.308 e. The molecule has 2 rings (SSSR count). The smallest absolute Gasteiger partial charge is 0.0307 e. The highest BCUT2D eigenvalue weighted by Crippen LogP contribution is 2.33. The van der Waals surface area contributed by atoms with Gasteiger partial charge < -0.3 is 10.6 Å². The Morgan fingerprint density at radius 2 is 1.57 bits per heavy atom. The van der Waals surface area contributed by atoms with Crippen LogP contribution >= 0.6 is 0 Å². The lowest BCUT2D eigenvalue weighted by Gasteiger charge is -2.46. The molecular weight excluding hydrogens is 172 g/mol. The molecule has 2 N–H and O–H groups in total. The van der Waals surface area contributed by atoms with E-state index in [9.17, 15) is 0 Å². The molecule has 82 valence electrons. The Morgan fingerprint density at radius 1 is 0.929 bits per heavy atom. The van der Waals surface area contributed by atoms with Crippen LogP contribution in [0.15, 0.2) is 0 Å². The van der Waals surface area contributed by atoms with Gasteiger partial charge in [-0.25, -0.2) is 0 Å². The zero-order valence-electron chi connectivity index (χ0n) is 9.66. The molecule has 0 bridgehead atoms. The summed E-state index contributed by atoms with van der Waals surface area (Å²) in [7, 11) is 0. The van der Waals surface area contributed by atoms with Crippen molar-refractivity contribution in [2.45, 2.75) is 63.5 Å². The van der Waals surface area contributed by atoms with Crippen LogP contribution in [0.3, 0.4) is 0 Å². The van der Waals surface area contributed by atoms with Gasteiger partial charge in [-0.15, -0.1) is 0 Å². The number of piperazine rings is 1. The number of nitrogens with one attached hydrogen (secondary N) is 2. The van der Waals surface area contributed by atoms with Crippen LogP contribution in [0.1, 0.15) is 52.4 Å². The Kier molecular flexibility index (Phi) is 2.85. The fraction of sp³-hybridized carbons (Fsp3) is 1.00. The zero-order chi connectivity index (χ0) is 10.1. The van der Waals surface area contributed by atoms with Gasteiger partial charge in [0.15, 0.2) is 0 Å². The molecule has 0 atom stereocenters. The van der Waals surface area contributed by atoms with Crippen molar-refractivity contribution in [3.8, 4) is 0 Å². The zero-order valence-corrected chi connectivity index (χ0v) is 9.66. The average Bonchev–Trinajstić information content (AvgIpc) is 2.69. The number of hydrogen-bond acceptors (Lipinski definition) is 2. The first-order valence-electron chi connectivity index (χ1n) is 6.24. The molecule has 1 heterocycles. The fourth-order valence-electron chi connectivity index (χ4n) is 2.99. The average molecular weight is 196 g/mol. The van der Waals surface area contributed by atoms with Crippen LogP contribution in [-0.2, 0) is 0 Å². The Balaban J connectivity index is 1.96. The SMILES string of the molecule is CCC1(CC)CNC2(CCCC2)CN1. The third-order valence-corrected chi connectivity index (χ3v) is 4.52. The first-order chi connectivity index (χ1) is 6.74. The van der Waals surface area contributed by atoms with Crippen LogP contribution in [0.25, 0.3) is 0 Å². The molecule has 1 saturated carbocycles. The highest BCUT2D eigenvalue weighted by molar-refractivity contribution is 5.04. The summed E-state index contributed by atoms with van der Waals surface area (Å²) in [4.78, 5) is 0. The van der Waals surface area contributed by atoms with Gasteiger partial charge in [0.1, 0.15) is 0 Å². The van der Waals surface area contributed by atoms with Gasteiger partial charge in [-0.1, -0.05) is 26.7 Å². The van der Waals surface area contributed by atoms with Gasteiger partial charge in [-0.05, 0) is 25.7 Å². The van der Waals surface area contributed by atoms with Crippen molar-refractivity contribution in [1.82, 2.24) is 10.6 Å². The summed E-state index contributed by atoms with van der Waals surface area (Å²) in [5.41, 5.74) is 0.849. The maximum absolute atomic E-state index is 3.82. The molecule has 1 spiro atoms. The van der Waals surface area contributed by atoms with Crippen LogP contribution in [0.2, 0.25) is 0 Å². The highest BCUT2D eigenvalue weighted by Gasteiger charge is 2.41. The summed E-state index contributed by atoms with van der Waals surface area (Å²) in [5.74, 6) is 0. The fourth-order valence-corrected chi connectivity index (χ4v) is 2.99. The first kappa shape index (κ1) is 10.4. The molecular formula is C12H24N2. The minimum Gasteiger partial charge on any atom is -0.308 e. The molecule has 2 heteroatoms. The second kappa shape index (κ2) is 3.82. The molecule has 2 nitrogen and oxygen atoms in total. The van der Waals surface area contributed by atoms with Crippen LogP contribution < -0.4 is 10.6 Å². The molecule has 0 unspecified atom stereocenters. The molecule has 0 amide bonds. The second-order valence-electron chi connectivity index (χ2n) is 5.18. The Morgan fingerprint density at radius 3 is 2.00 bits per heavy atom. The molecule has 2 fully saturated rings. The van der Waals surface area contributed by atoms with Crippen molar-refractivity contribution in [3.63, 3.8) is 0 Å². The van der Waals surface area contributed by atoms with Gasteiger partial charge in [0.2, 0.25) is 0 Å². The van der Waals surface area contributed by atoms with E-state index in [1.165, 1.54) is 51.6 Å². The third-order valence-electron chi connectivity index (χ3n) is 4.52. The van der Waals surface area contributed by atoms with Crippen LogP contribution in [-0.4, -0.2) is 24.2 Å². The first-order valence-corrected chi connectivity index (χ1v) is 6.24. The molecule has 0 aromatic heterocycles. The summed E-state index contributed by atoms with van der Waals surface area (Å²) >= 11 is 0. The third kappa shape index (κ3) is 1.70. The Labute approximate surface area is 87.8 Å². The van der Waals surface area contributed by atoms with Gasteiger partial charge in [-0.3, -0.25) is 0 Å². The van der Waals surface area contributed by atoms with Crippen LogP contribution in [0, 0.1) is 0 Å². The van der Waals surface area contributed by atoms with Crippen molar-refractivity contribution >= 4 is 0 Å². The summed E-state index contributed by atoms with van der Waals surface area (Å²) < 4.78 is 0. The van der Waals surface area contributed by atoms with Crippen molar-refractivity contribution in [1.29, 1.82) is 0 Å². The van der Waals surface area contributed by atoms with Crippen LogP contribution in [0.4, 0.5) is 0 Å². The van der Waals surface area contributed by atoms with E-state index in [1.807, 2.05) is 0 Å². The summed E-state index contributed by atoms with van der Waals surface area (Å²) in [6.07, 6.45) is 8.08. The van der Waals surface area contributed by atoms with Crippen molar-refractivity contribution in [2.75, 3.05) is 13.1 Å². The lowest BCUT2D eigenvalue weighted by Crippen LogP contribution is -2.67. The van der Waals surface area contributed by atoms with Crippen LogP contribution in [0.5, 0.6) is 0 Å². The molecule has 0 aromatic rings. The maximum Gasteiger partial charge on any atom is 0.0307 e. The highest BCUT2D eigenvalue weighted by atomic mass is 15.2. The second-order valence-corrected chi connectivity index (χ2v) is 5.18. The lowest BCUT2D eigenvalue weighted by atomic mass is 9.84. The predicted molar refractivity (Wildman–Crippen MR) is 60.5 cm³/mol. The molecule has 2 aliphatic rings. The van der Waals surface area contributed by atoms with E-state index < -0.39 is 0 Å². The van der Waals surface area contributed by atoms with Gasteiger partial charge >= 0.3 is 0 Å².